The number of hydrogen-bond acceptors (Lipinski definition) is 1. The van der Waals surface area contributed by atoms with Crippen LogP contribution in [0.1, 0.15) is 32.4 Å². The van der Waals surface area contributed by atoms with E-state index in [9.17, 15) is 0 Å². The van der Waals surface area contributed by atoms with Crippen LogP contribution < -0.4 is 4.46 Å². The molecule has 1 aromatic carbocycles. The van der Waals surface area contributed by atoms with Gasteiger partial charge in [-0.25, -0.2) is 0 Å². The fraction of sp³-hybridized carbons (Fsp3) is 0.429. The molecule has 1 aromatic rings. The standard InChI is InChI=1S/C14H18OSe/c1-14(2,3)13-9-11(15-4)10-7-5-6-8-12(10)16-13/h5-9,11H,1-4H3. The molecule has 0 spiro atoms. The number of hydrogen-bond donors (Lipinski definition) is 0. The van der Waals surface area contributed by atoms with Gasteiger partial charge in [-0.05, 0) is 0 Å². The predicted octanol–water partition coefficient (Wildman–Crippen LogP) is 2.65. The first-order chi connectivity index (χ1) is 7.52. The molecule has 1 atom stereocenters. The van der Waals surface area contributed by atoms with Gasteiger partial charge in [0.25, 0.3) is 0 Å². The van der Waals surface area contributed by atoms with Gasteiger partial charge in [-0.1, -0.05) is 0 Å². The third-order valence-corrected chi connectivity index (χ3v) is 6.01. The van der Waals surface area contributed by atoms with Crippen LogP contribution in [-0.4, -0.2) is 22.1 Å². The van der Waals surface area contributed by atoms with Crippen LogP contribution in [-0.2, 0) is 4.74 Å². The average Bonchev–Trinajstić information content (AvgIpc) is 2.26. The molecule has 0 aromatic heterocycles. The Morgan fingerprint density at radius 3 is 2.50 bits per heavy atom. The molecule has 16 heavy (non-hydrogen) atoms. The normalized spacial score (nSPS) is 20.2. The molecule has 1 aliphatic heterocycles. The van der Waals surface area contributed by atoms with Crippen molar-refractivity contribution in [1.82, 2.24) is 0 Å². The zero-order chi connectivity index (χ0) is 11.8. The molecule has 1 aliphatic rings. The van der Waals surface area contributed by atoms with E-state index in [4.69, 9.17) is 4.74 Å². The molecule has 2 rings (SSSR count). The minimum absolute atomic E-state index is 0.140. The first-order valence-electron chi connectivity index (χ1n) is 5.54. The van der Waals surface area contributed by atoms with Crippen LogP contribution in [0.2, 0.25) is 0 Å². The molecule has 0 radical (unpaired) electrons. The summed E-state index contributed by atoms with van der Waals surface area (Å²) in [7, 11) is 1.79. The number of fused-ring (bicyclic) bond motifs is 1. The maximum absolute atomic E-state index is 5.58. The summed E-state index contributed by atoms with van der Waals surface area (Å²) in [5.74, 6) is 0. The van der Waals surface area contributed by atoms with Crippen LogP contribution in [0.3, 0.4) is 0 Å². The van der Waals surface area contributed by atoms with Crippen LogP contribution in [0.25, 0.3) is 0 Å². The van der Waals surface area contributed by atoms with Gasteiger partial charge in [0.1, 0.15) is 0 Å². The van der Waals surface area contributed by atoms with E-state index in [1.54, 1.807) is 7.11 Å². The van der Waals surface area contributed by atoms with Gasteiger partial charge in [0.05, 0.1) is 0 Å². The molecule has 1 heterocycles. The molecule has 0 fully saturated rings. The second-order valence-electron chi connectivity index (χ2n) is 5.08. The summed E-state index contributed by atoms with van der Waals surface area (Å²) in [4.78, 5) is 0. The van der Waals surface area contributed by atoms with E-state index in [1.807, 2.05) is 0 Å². The summed E-state index contributed by atoms with van der Waals surface area (Å²) < 4.78 is 8.58. The molecule has 0 saturated heterocycles. The second kappa shape index (κ2) is 4.37. The van der Waals surface area contributed by atoms with Gasteiger partial charge in [0.2, 0.25) is 0 Å². The van der Waals surface area contributed by atoms with Crippen molar-refractivity contribution in [3.05, 3.63) is 40.4 Å². The zero-order valence-electron chi connectivity index (χ0n) is 10.3. The number of ether oxygens (including phenoxy) is 1. The fourth-order valence-corrected chi connectivity index (χ4v) is 4.27. The average molecular weight is 281 g/mol. The molecular formula is C14H18OSe. The van der Waals surface area contributed by atoms with Crippen molar-refractivity contribution >= 4 is 19.4 Å². The molecule has 2 heteroatoms. The van der Waals surface area contributed by atoms with E-state index in [2.05, 4.69) is 51.1 Å². The molecule has 0 amide bonds. The summed E-state index contributed by atoms with van der Waals surface area (Å²) in [5.41, 5.74) is 1.60. The first-order valence-corrected chi connectivity index (χ1v) is 7.25. The monoisotopic (exact) mass is 282 g/mol. The maximum atomic E-state index is 5.58. The molecule has 0 aliphatic carbocycles. The van der Waals surface area contributed by atoms with Crippen molar-refractivity contribution in [1.29, 1.82) is 0 Å². The van der Waals surface area contributed by atoms with Gasteiger partial charge in [0.15, 0.2) is 0 Å². The fourth-order valence-electron chi connectivity index (χ4n) is 1.79. The molecule has 1 nitrogen and oxygen atoms in total. The van der Waals surface area contributed by atoms with E-state index >= 15 is 0 Å². The van der Waals surface area contributed by atoms with Crippen molar-refractivity contribution in [2.24, 2.45) is 5.41 Å². The summed E-state index contributed by atoms with van der Waals surface area (Å²) >= 11 is 0.448. The Labute approximate surface area is 104 Å². The number of allylic oxidation sites excluding steroid dienone is 1. The SMILES string of the molecule is COC1C=C(C(C)(C)C)[Se]c2ccccc21. The summed E-state index contributed by atoms with van der Waals surface area (Å²) in [5, 5.41) is 0. The van der Waals surface area contributed by atoms with Crippen LogP contribution in [0.15, 0.2) is 34.8 Å². The van der Waals surface area contributed by atoms with Crippen LogP contribution in [0.4, 0.5) is 0 Å². The third kappa shape index (κ3) is 2.24. The van der Waals surface area contributed by atoms with E-state index in [0.717, 1.165) is 0 Å². The molecule has 0 N–H and O–H groups in total. The van der Waals surface area contributed by atoms with Crippen LogP contribution >= 0.6 is 0 Å². The minimum atomic E-state index is 0.140. The topological polar surface area (TPSA) is 9.23 Å². The van der Waals surface area contributed by atoms with Gasteiger partial charge < -0.3 is 0 Å². The Morgan fingerprint density at radius 2 is 1.88 bits per heavy atom. The number of rotatable bonds is 1. The van der Waals surface area contributed by atoms with Crippen LogP contribution in [0, 0.1) is 5.41 Å². The quantitative estimate of drug-likeness (QED) is 0.719. The molecule has 86 valence electrons. The van der Waals surface area contributed by atoms with E-state index in [0.29, 0.717) is 15.0 Å². The van der Waals surface area contributed by atoms with Gasteiger partial charge in [0, 0.05) is 0 Å². The Kier molecular flexibility index (Phi) is 3.25. The Balaban J connectivity index is 2.42. The van der Waals surface area contributed by atoms with Crippen molar-refractivity contribution in [3.8, 4) is 0 Å². The molecule has 0 saturated carbocycles. The van der Waals surface area contributed by atoms with Crippen molar-refractivity contribution in [3.63, 3.8) is 0 Å². The number of methoxy groups -OCH3 is 1. The third-order valence-electron chi connectivity index (χ3n) is 2.74. The van der Waals surface area contributed by atoms with Gasteiger partial charge >= 0.3 is 104 Å². The predicted molar refractivity (Wildman–Crippen MR) is 69.1 cm³/mol. The molecule has 1 unspecified atom stereocenters. The Hall–Kier alpha value is -0.561. The summed E-state index contributed by atoms with van der Waals surface area (Å²) in [6.07, 6.45) is 2.45. The summed E-state index contributed by atoms with van der Waals surface area (Å²) in [6.45, 7) is 6.84. The first kappa shape index (κ1) is 11.9. The van der Waals surface area contributed by atoms with E-state index in [1.165, 1.54) is 14.5 Å². The Morgan fingerprint density at radius 1 is 1.19 bits per heavy atom. The van der Waals surface area contributed by atoms with Crippen molar-refractivity contribution in [2.75, 3.05) is 7.11 Å². The van der Waals surface area contributed by atoms with Crippen LogP contribution in [0.5, 0.6) is 0 Å². The summed E-state index contributed by atoms with van der Waals surface area (Å²) in [6, 6.07) is 8.64. The van der Waals surface area contributed by atoms with Crippen molar-refractivity contribution in [2.45, 2.75) is 26.9 Å². The van der Waals surface area contributed by atoms with Gasteiger partial charge in [-0.3, -0.25) is 0 Å². The van der Waals surface area contributed by atoms with E-state index in [-0.39, 0.29) is 11.5 Å². The molecule has 0 bridgehead atoms. The van der Waals surface area contributed by atoms with Gasteiger partial charge in [-0.15, -0.1) is 0 Å². The van der Waals surface area contributed by atoms with Gasteiger partial charge in [-0.2, -0.15) is 0 Å². The Bertz CT molecular complexity index is 415. The van der Waals surface area contributed by atoms with E-state index < -0.39 is 0 Å². The number of benzene rings is 1. The second-order valence-corrected chi connectivity index (χ2v) is 7.35. The zero-order valence-corrected chi connectivity index (χ0v) is 12.0. The van der Waals surface area contributed by atoms with Crippen molar-refractivity contribution < 1.29 is 4.74 Å². The molecular weight excluding hydrogens is 263 g/mol.